The van der Waals surface area contributed by atoms with Crippen molar-refractivity contribution < 1.29 is 9.53 Å². The molecule has 0 unspecified atom stereocenters. The van der Waals surface area contributed by atoms with Crippen molar-refractivity contribution in [2.24, 2.45) is 0 Å². The van der Waals surface area contributed by atoms with Gasteiger partial charge in [-0.2, -0.15) is 0 Å². The van der Waals surface area contributed by atoms with E-state index in [-0.39, 0.29) is 11.5 Å². The molecule has 1 saturated heterocycles. The first-order valence-corrected chi connectivity index (χ1v) is 8.91. The van der Waals surface area contributed by atoms with Crippen molar-refractivity contribution in [1.29, 1.82) is 0 Å². The molecule has 0 saturated carbocycles. The van der Waals surface area contributed by atoms with E-state index in [0.29, 0.717) is 17.8 Å². The van der Waals surface area contributed by atoms with Crippen molar-refractivity contribution in [3.63, 3.8) is 0 Å². The van der Waals surface area contributed by atoms with E-state index >= 15 is 0 Å². The predicted octanol–water partition coefficient (Wildman–Crippen LogP) is 2.52. The number of nitrogens with one attached hydrogen (secondary N) is 1. The second-order valence-corrected chi connectivity index (χ2v) is 7.70. The fourth-order valence-corrected chi connectivity index (χ4v) is 4.59. The Morgan fingerprint density at radius 1 is 1.54 bits per heavy atom. The van der Waals surface area contributed by atoms with Gasteiger partial charge in [-0.25, -0.2) is 4.98 Å². The number of hydrogen-bond acceptors (Lipinski definition) is 6. The van der Waals surface area contributed by atoms with Crippen LogP contribution >= 0.6 is 11.3 Å². The molecule has 1 spiro atoms. The highest BCUT2D eigenvalue weighted by atomic mass is 32.1. The highest BCUT2D eigenvalue weighted by Gasteiger charge is 2.48. The number of rotatable bonds is 3. The Morgan fingerprint density at radius 2 is 2.42 bits per heavy atom. The highest BCUT2D eigenvalue weighted by Crippen LogP contribution is 2.45. The summed E-state index contributed by atoms with van der Waals surface area (Å²) in [5.74, 6) is -0.0899. The van der Waals surface area contributed by atoms with Crippen LogP contribution in [0.4, 0.5) is 5.13 Å². The van der Waals surface area contributed by atoms with Crippen LogP contribution in [0.5, 0.6) is 0 Å². The number of nitrogens with zero attached hydrogens (tertiary/aromatic N) is 3. The average molecular weight is 344 g/mol. The summed E-state index contributed by atoms with van der Waals surface area (Å²) in [6, 6.07) is 2.47. The smallest absolute Gasteiger partial charge is 0.223 e. The van der Waals surface area contributed by atoms with E-state index in [4.69, 9.17) is 4.74 Å². The van der Waals surface area contributed by atoms with E-state index < -0.39 is 0 Å². The van der Waals surface area contributed by atoms with Crippen LogP contribution < -0.4 is 5.32 Å². The van der Waals surface area contributed by atoms with E-state index in [1.54, 1.807) is 0 Å². The zero-order chi connectivity index (χ0) is 16.7. The van der Waals surface area contributed by atoms with Gasteiger partial charge < -0.3 is 10.1 Å². The number of carbonyl (C=O) groups excluding carboxylic acids is 1. The van der Waals surface area contributed by atoms with Crippen LogP contribution in [0.3, 0.4) is 0 Å². The Hall–Kier alpha value is -1.83. The molecule has 1 amide bonds. The van der Waals surface area contributed by atoms with Gasteiger partial charge in [-0.05, 0) is 25.0 Å². The molecule has 7 heteroatoms. The topological polar surface area (TPSA) is 67.4 Å². The summed E-state index contributed by atoms with van der Waals surface area (Å²) in [6.45, 7) is 6.09. The average Bonchev–Trinajstić information content (AvgIpc) is 3.21. The third-order valence-corrected chi connectivity index (χ3v) is 5.71. The van der Waals surface area contributed by atoms with Crippen molar-refractivity contribution in [3.8, 4) is 0 Å². The number of hydrogen-bond donors (Lipinski definition) is 1. The molecule has 0 bridgehead atoms. The van der Waals surface area contributed by atoms with Gasteiger partial charge in [-0.15, -0.1) is 11.3 Å². The lowest BCUT2D eigenvalue weighted by Gasteiger charge is -2.24. The molecule has 126 valence electrons. The molecule has 2 atom stereocenters. The number of pyridine rings is 1. The summed E-state index contributed by atoms with van der Waals surface area (Å²) < 4.78 is 6.22. The third kappa shape index (κ3) is 2.72. The first-order valence-electron chi connectivity index (χ1n) is 8.09. The fraction of sp³-hybridized carbons (Fsp3) is 0.471. The van der Waals surface area contributed by atoms with E-state index in [1.807, 2.05) is 18.6 Å². The van der Waals surface area contributed by atoms with Gasteiger partial charge in [-0.3, -0.25) is 14.7 Å². The maximum Gasteiger partial charge on any atom is 0.223 e. The molecule has 1 fully saturated rings. The lowest BCUT2D eigenvalue weighted by molar-refractivity contribution is -0.114. The molecule has 4 rings (SSSR count). The molecule has 2 aliphatic rings. The Balaban J connectivity index is 1.50. The first-order chi connectivity index (χ1) is 11.6. The molecule has 1 N–H and O–H groups in total. The van der Waals surface area contributed by atoms with Crippen molar-refractivity contribution >= 4 is 22.4 Å². The minimum absolute atomic E-state index is 0.0899. The monoisotopic (exact) mass is 344 g/mol. The van der Waals surface area contributed by atoms with Crippen LogP contribution in [0.25, 0.3) is 0 Å². The number of thiazole rings is 1. The third-order valence-electron chi connectivity index (χ3n) is 4.81. The largest absolute Gasteiger partial charge is 0.364 e. The molecular weight excluding hydrogens is 324 g/mol. The van der Waals surface area contributed by atoms with Gasteiger partial charge in [-0.1, -0.05) is 0 Å². The lowest BCUT2D eigenvalue weighted by Crippen LogP contribution is -2.31. The number of ether oxygens (including phenoxy) is 1. The van der Waals surface area contributed by atoms with Gasteiger partial charge in [0.1, 0.15) is 5.60 Å². The Kier molecular flexibility index (Phi) is 3.86. The normalized spacial score (nSPS) is 26.0. The van der Waals surface area contributed by atoms with E-state index in [9.17, 15) is 4.79 Å². The molecule has 6 nitrogen and oxygen atoms in total. The quantitative estimate of drug-likeness (QED) is 0.927. The van der Waals surface area contributed by atoms with Gasteiger partial charge in [0, 0.05) is 55.1 Å². The molecule has 0 aromatic carbocycles. The summed E-state index contributed by atoms with van der Waals surface area (Å²) in [6.07, 6.45) is 6.61. The maximum absolute atomic E-state index is 11.1. The summed E-state index contributed by atoms with van der Waals surface area (Å²) >= 11 is 1.53. The molecule has 2 aromatic heterocycles. The number of fused-ring (bicyclic) bond motifs is 2. The van der Waals surface area contributed by atoms with E-state index in [2.05, 4.69) is 33.2 Å². The van der Waals surface area contributed by atoms with Gasteiger partial charge in [0.05, 0.1) is 6.61 Å². The minimum atomic E-state index is -0.228. The number of carbonyl (C=O) groups is 1. The zero-order valence-corrected chi connectivity index (χ0v) is 14.6. The molecule has 4 heterocycles. The van der Waals surface area contributed by atoms with Crippen LogP contribution in [0.2, 0.25) is 0 Å². The number of amides is 1. The second kappa shape index (κ2) is 5.91. The molecular formula is C17H20N4O2S. The summed E-state index contributed by atoms with van der Waals surface area (Å²) in [4.78, 5) is 23.3. The lowest BCUT2D eigenvalue weighted by atomic mass is 9.92. The van der Waals surface area contributed by atoms with E-state index in [1.165, 1.54) is 29.4 Å². The zero-order valence-electron chi connectivity index (χ0n) is 13.8. The molecule has 0 radical (unpaired) electrons. The van der Waals surface area contributed by atoms with Gasteiger partial charge in [0.2, 0.25) is 5.91 Å². The standard InChI is InChI=1S/C17H20N4O2S/c1-11-5-17(15-7-18-4-3-13(15)9-23-17)10-21(11)8-14-6-19-16(24-14)20-12(2)22/h3-4,6-7,11H,5,8-10H2,1-2H3,(H,19,20,22)/t11-,17+/m0/s1. The Morgan fingerprint density at radius 3 is 3.25 bits per heavy atom. The predicted molar refractivity (Wildman–Crippen MR) is 91.6 cm³/mol. The molecule has 2 aromatic rings. The van der Waals surface area contributed by atoms with Crippen LogP contribution in [0.15, 0.2) is 24.7 Å². The SMILES string of the molecule is CC(=O)Nc1ncc(CN2C[C@@]3(C[C@@H]2C)OCc2ccncc23)s1. The maximum atomic E-state index is 11.1. The van der Waals surface area contributed by atoms with Crippen molar-refractivity contribution in [2.45, 2.75) is 45.1 Å². The van der Waals surface area contributed by atoms with Crippen molar-refractivity contribution in [1.82, 2.24) is 14.9 Å². The first kappa shape index (κ1) is 15.7. The Bertz CT molecular complexity index is 777. The van der Waals surface area contributed by atoms with E-state index in [0.717, 1.165) is 24.4 Å². The summed E-state index contributed by atoms with van der Waals surface area (Å²) in [5.41, 5.74) is 2.26. The summed E-state index contributed by atoms with van der Waals surface area (Å²) in [5, 5.41) is 3.40. The van der Waals surface area contributed by atoms with Crippen LogP contribution in [-0.4, -0.2) is 33.4 Å². The van der Waals surface area contributed by atoms with Gasteiger partial charge in [0.15, 0.2) is 5.13 Å². The summed E-state index contributed by atoms with van der Waals surface area (Å²) in [7, 11) is 0. The van der Waals surface area contributed by atoms with Crippen LogP contribution in [-0.2, 0) is 28.3 Å². The molecule has 24 heavy (non-hydrogen) atoms. The molecule has 2 aliphatic heterocycles. The van der Waals surface area contributed by atoms with Crippen molar-refractivity contribution in [3.05, 3.63) is 40.7 Å². The molecule has 0 aliphatic carbocycles. The minimum Gasteiger partial charge on any atom is -0.364 e. The van der Waals surface area contributed by atoms with Crippen LogP contribution in [0, 0.1) is 0 Å². The van der Waals surface area contributed by atoms with Crippen LogP contribution in [0.1, 0.15) is 36.3 Å². The van der Waals surface area contributed by atoms with Crippen molar-refractivity contribution in [2.75, 3.05) is 11.9 Å². The number of likely N-dealkylation sites (tertiary alicyclic amines) is 1. The fourth-order valence-electron chi connectivity index (χ4n) is 3.71. The highest BCUT2D eigenvalue weighted by molar-refractivity contribution is 7.15. The number of aromatic nitrogens is 2. The van der Waals surface area contributed by atoms with Gasteiger partial charge >= 0.3 is 0 Å². The Labute approximate surface area is 144 Å². The second-order valence-electron chi connectivity index (χ2n) is 6.59. The number of anilines is 1. The van der Waals surface area contributed by atoms with Gasteiger partial charge in [0.25, 0.3) is 0 Å².